The predicted molar refractivity (Wildman–Crippen MR) is 71.9 cm³/mol. The van der Waals surface area contributed by atoms with E-state index < -0.39 is 16.8 Å². The molecule has 1 aliphatic rings. The normalized spacial score (nSPS) is 17.8. The Bertz CT molecular complexity index is 450. The first kappa shape index (κ1) is 13.3. The van der Waals surface area contributed by atoms with E-state index in [0.29, 0.717) is 11.0 Å². The summed E-state index contributed by atoms with van der Waals surface area (Å²) in [4.78, 5) is 10.8. The number of carboxylic acid groups (broad SMARTS) is 1. The zero-order valence-electron chi connectivity index (χ0n) is 10.3. The fourth-order valence-corrected chi connectivity index (χ4v) is 4.14. The van der Waals surface area contributed by atoms with Gasteiger partial charge in [0.25, 0.3) is 0 Å². The van der Waals surface area contributed by atoms with Gasteiger partial charge in [-0.3, -0.25) is 9.00 Å². The van der Waals surface area contributed by atoms with Crippen LogP contribution in [0, 0.1) is 0 Å². The summed E-state index contributed by atoms with van der Waals surface area (Å²) >= 11 is 0. The van der Waals surface area contributed by atoms with E-state index in [1.54, 1.807) is 0 Å². The summed E-state index contributed by atoms with van der Waals surface area (Å²) in [5.74, 6) is -0.345. The molecular formula is C14H18O3S. The molecule has 3 nitrogen and oxygen atoms in total. The summed E-state index contributed by atoms with van der Waals surface area (Å²) in [6.45, 7) is 0. The number of hydrogen-bond acceptors (Lipinski definition) is 2. The van der Waals surface area contributed by atoms with Crippen LogP contribution in [0.3, 0.4) is 0 Å². The monoisotopic (exact) mass is 266 g/mol. The Morgan fingerprint density at radius 3 is 2.44 bits per heavy atom. The van der Waals surface area contributed by atoms with Crippen LogP contribution in [-0.2, 0) is 27.8 Å². The summed E-state index contributed by atoms with van der Waals surface area (Å²) in [6.07, 6.45) is 4.46. The van der Waals surface area contributed by atoms with Crippen LogP contribution in [0.4, 0.5) is 0 Å². The summed E-state index contributed by atoms with van der Waals surface area (Å²) in [5.41, 5.74) is 1.71. The van der Waals surface area contributed by atoms with Gasteiger partial charge in [-0.1, -0.05) is 37.1 Å². The quantitative estimate of drug-likeness (QED) is 0.891. The van der Waals surface area contributed by atoms with Crippen molar-refractivity contribution in [2.75, 3.05) is 0 Å². The molecule has 0 amide bonds. The molecule has 18 heavy (non-hydrogen) atoms. The summed E-state index contributed by atoms with van der Waals surface area (Å²) < 4.78 is 12.2. The molecule has 1 atom stereocenters. The number of rotatable bonds is 5. The highest BCUT2D eigenvalue weighted by molar-refractivity contribution is 7.84. The molecule has 1 fully saturated rings. The molecule has 0 aliphatic heterocycles. The van der Waals surface area contributed by atoms with Crippen LogP contribution in [0.5, 0.6) is 0 Å². The Balaban J connectivity index is 2.07. The van der Waals surface area contributed by atoms with Gasteiger partial charge in [-0.15, -0.1) is 0 Å². The van der Waals surface area contributed by atoms with E-state index in [4.69, 9.17) is 5.11 Å². The highest BCUT2D eigenvalue weighted by atomic mass is 32.2. The topological polar surface area (TPSA) is 54.4 Å². The largest absolute Gasteiger partial charge is 0.481 e. The number of carbonyl (C=O) groups is 1. The maximum absolute atomic E-state index is 12.2. The summed E-state index contributed by atoms with van der Waals surface area (Å²) in [6, 6.07) is 7.42. The van der Waals surface area contributed by atoms with Gasteiger partial charge in [0.1, 0.15) is 0 Å². The SMILES string of the molecule is O=C(O)Cc1ccccc1CS(=O)C1CCCC1. The zero-order valence-corrected chi connectivity index (χ0v) is 11.1. The number of aliphatic carboxylic acids is 1. The van der Waals surface area contributed by atoms with E-state index in [-0.39, 0.29) is 6.42 Å². The maximum atomic E-state index is 12.2. The Kier molecular flexibility index (Phi) is 4.53. The molecule has 98 valence electrons. The van der Waals surface area contributed by atoms with Crippen molar-refractivity contribution in [3.05, 3.63) is 35.4 Å². The van der Waals surface area contributed by atoms with Gasteiger partial charge in [-0.25, -0.2) is 0 Å². The van der Waals surface area contributed by atoms with Gasteiger partial charge >= 0.3 is 5.97 Å². The lowest BCUT2D eigenvalue weighted by atomic mass is 10.1. The van der Waals surface area contributed by atoms with E-state index in [1.807, 2.05) is 24.3 Å². The minimum atomic E-state index is -0.864. The fraction of sp³-hybridized carbons (Fsp3) is 0.500. The van der Waals surface area contributed by atoms with Crippen molar-refractivity contribution in [2.45, 2.75) is 43.1 Å². The van der Waals surface area contributed by atoms with Gasteiger partial charge in [-0.2, -0.15) is 0 Å². The molecule has 0 spiro atoms. The third kappa shape index (κ3) is 3.42. The van der Waals surface area contributed by atoms with E-state index in [9.17, 15) is 9.00 Å². The van der Waals surface area contributed by atoms with Crippen molar-refractivity contribution in [3.8, 4) is 0 Å². The molecule has 1 aromatic rings. The van der Waals surface area contributed by atoms with Crippen molar-refractivity contribution in [3.63, 3.8) is 0 Å². The van der Waals surface area contributed by atoms with Crippen molar-refractivity contribution >= 4 is 16.8 Å². The minimum Gasteiger partial charge on any atom is -0.481 e. The molecule has 4 heteroatoms. The Morgan fingerprint density at radius 2 is 1.83 bits per heavy atom. The number of hydrogen-bond donors (Lipinski definition) is 1. The average Bonchev–Trinajstić information content (AvgIpc) is 2.84. The summed E-state index contributed by atoms with van der Waals surface area (Å²) in [7, 11) is -0.864. The Hall–Kier alpha value is -1.16. The van der Waals surface area contributed by atoms with Crippen molar-refractivity contribution in [1.29, 1.82) is 0 Å². The van der Waals surface area contributed by atoms with Crippen LogP contribution in [0.15, 0.2) is 24.3 Å². The smallest absolute Gasteiger partial charge is 0.307 e. The Labute approximate surface area is 110 Å². The lowest BCUT2D eigenvalue weighted by Gasteiger charge is -2.11. The first-order chi connectivity index (χ1) is 8.66. The second-order valence-corrected chi connectivity index (χ2v) is 6.49. The van der Waals surface area contributed by atoms with Crippen LogP contribution < -0.4 is 0 Å². The molecule has 0 bridgehead atoms. The number of benzene rings is 1. The van der Waals surface area contributed by atoms with Crippen LogP contribution in [0.2, 0.25) is 0 Å². The zero-order chi connectivity index (χ0) is 13.0. The molecule has 0 radical (unpaired) electrons. The molecule has 2 rings (SSSR count). The molecule has 1 aliphatic carbocycles. The predicted octanol–water partition coefficient (Wildman–Crippen LogP) is 2.51. The van der Waals surface area contributed by atoms with E-state index in [1.165, 1.54) is 12.8 Å². The van der Waals surface area contributed by atoms with Gasteiger partial charge in [-0.05, 0) is 24.0 Å². The lowest BCUT2D eigenvalue weighted by molar-refractivity contribution is -0.136. The molecule has 0 heterocycles. The molecule has 0 aromatic heterocycles. The third-order valence-electron chi connectivity index (χ3n) is 3.43. The average molecular weight is 266 g/mol. The molecule has 1 unspecified atom stereocenters. The highest BCUT2D eigenvalue weighted by Gasteiger charge is 2.22. The van der Waals surface area contributed by atoms with Crippen LogP contribution in [-0.4, -0.2) is 20.5 Å². The van der Waals surface area contributed by atoms with Crippen molar-refractivity contribution in [1.82, 2.24) is 0 Å². The van der Waals surface area contributed by atoms with Gasteiger partial charge < -0.3 is 5.11 Å². The van der Waals surface area contributed by atoms with Crippen LogP contribution >= 0.6 is 0 Å². The first-order valence-corrected chi connectivity index (χ1v) is 7.71. The number of carboxylic acids is 1. The van der Waals surface area contributed by atoms with E-state index in [0.717, 1.165) is 24.0 Å². The summed E-state index contributed by atoms with van der Waals surface area (Å²) in [5, 5.41) is 9.17. The minimum absolute atomic E-state index is 0.0119. The lowest BCUT2D eigenvalue weighted by Crippen LogP contribution is -2.14. The van der Waals surface area contributed by atoms with Gasteiger partial charge in [0, 0.05) is 21.8 Å². The molecule has 1 aromatic carbocycles. The fourth-order valence-electron chi connectivity index (χ4n) is 2.46. The van der Waals surface area contributed by atoms with Gasteiger partial charge in [0.2, 0.25) is 0 Å². The first-order valence-electron chi connectivity index (χ1n) is 6.32. The standard InChI is InChI=1S/C14H18O3S/c15-14(16)9-11-5-1-2-6-12(11)10-18(17)13-7-3-4-8-13/h1-2,5-6,13H,3-4,7-10H2,(H,15,16). The van der Waals surface area contributed by atoms with Crippen LogP contribution in [0.1, 0.15) is 36.8 Å². The molecular weight excluding hydrogens is 248 g/mol. The van der Waals surface area contributed by atoms with Gasteiger partial charge in [0.15, 0.2) is 0 Å². The molecule has 1 saturated carbocycles. The molecule has 0 saturated heterocycles. The van der Waals surface area contributed by atoms with Crippen molar-refractivity contribution < 1.29 is 14.1 Å². The Morgan fingerprint density at radius 1 is 1.22 bits per heavy atom. The van der Waals surface area contributed by atoms with Crippen molar-refractivity contribution in [2.24, 2.45) is 0 Å². The third-order valence-corrected chi connectivity index (χ3v) is 5.24. The second kappa shape index (κ2) is 6.14. The highest BCUT2D eigenvalue weighted by Crippen LogP contribution is 2.25. The van der Waals surface area contributed by atoms with Gasteiger partial charge in [0.05, 0.1) is 6.42 Å². The van der Waals surface area contributed by atoms with E-state index in [2.05, 4.69) is 0 Å². The second-order valence-electron chi connectivity index (χ2n) is 4.77. The molecule has 1 N–H and O–H groups in total. The van der Waals surface area contributed by atoms with Crippen LogP contribution in [0.25, 0.3) is 0 Å². The van der Waals surface area contributed by atoms with E-state index >= 15 is 0 Å². The maximum Gasteiger partial charge on any atom is 0.307 e.